The Kier molecular flexibility index (Phi) is 8.94. The Bertz CT molecular complexity index is 850. The minimum atomic E-state index is 0.308. The summed E-state index contributed by atoms with van der Waals surface area (Å²) in [6.07, 6.45) is 16.5. The highest BCUT2D eigenvalue weighted by molar-refractivity contribution is 5.75. The number of nitrogens with zero attached hydrogens (tertiary/aromatic N) is 1. The maximum atomic E-state index is 12.9. The zero-order chi connectivity index (χ0) is 25.9. The number of benzene rings is 1. The summed E-state index contributed by atoms with van der Waals surface area (Å²) in [4.78, 5) is 14.8. The van der Waals surface area contributed by atoms with Gasteiger partial charge in [-0.15, -0.1) is 0 Å². The highest BCUT2D eigenvalue weighted by Crippen LogP contribution is 2.68. The number of hydrogen-bond donors (Lipinski definition) is 0. The molecule has 1 aromatic carbocycles. The average Bonchev–Trinajstić information content (AvgIpc) is 3.25. The summed E-state index contributed by atoms with van der Waals surface area (Å²) in [5, 5.41) is 0. The molecule has 4 aliphatic carbocycles. The second-order valence-electron chi connectivity index (χ2n) is 13.4. The van der Waals surface area contributed by atoms with Gasteiger partial charge in [0.2, 0.25) is 5.91 Å². The number of fused-ring (bicyclic) bond motifs is 5. The Balaban J connectivity index is 0.00000148. The number of carbonyl (C=O) groups is 1. The van der Waals surface area contributed by atoms with E-state index in [0.717, 1.165) is 42.6 Å². The number of hydrogen-bond acceptors (Lipinski definition) is 1. The van der Waals surface area contributed by atoms with Crippen LogP contribution in [-0.4, -0.2) is 17.9 Å². The smallest absolute Gasteiger partial charge is 0.222 e. The molecule has 8 atom stereocenters. The Labute approximate surface area is 223 Å². The molecule has 0 spiro atoms. The molecule has 0 saturated heterocycles. The minimum Gasteiger partial charge on any atom is -0.341 e. The van der Waals surface area contributed by atoms with Crippen LogP contribution in [0.15, 0.2) is 30.3 Å². The van der Waals surface area contributed by atoms with Crippen LogP contribution in [0.4, 0.5) is 0 Å². The Morgan fingerprint density at radius 3 is 2.39 bits per heavy atom. The molecule has 6 unspecified atom stereocenters. The standard InChI is InChI=1S/C32H49NO.C2H6/c1-23(13-18-30(34)33(4)22-24-10-6-5-7-11-24)27-16-17-28-26-15-14-25-12-8-9-20-31(25,2)29(26)19-21-32(27,28)3;1-2/h5-7,10-11,23,25-29H,8-9,12-22H2,1-4H3;1-2H3/t23?,25?,26?,27?,28?,29?,31-,32+;/m0./s1. The molecule has 0 radical (unpaired) electrons. The van der Waals surface area contributed by atoms with Gasteiger partial charge in [0.05, 0.1) is 0 Å². The van der Waals surface area contributed by atoms with Crippen LogP contribution in [0.3, 0.4) is 0 Å². The minimum absolute atomic E-state index is 0.308. The van der Waals surface area contributed by atoms with Crippen molar-refractivity contribution < 1.29 is 4.79 Å². The zero-order valence-corrected chi connectivity index (χ0v) is 24.4. The van der Waals surface area contributed by atoms with E-state index in [1.165, 1.54) is 69.8 Å². The van der Waals surface area contributed by atoms with Crippen molar-refractivity contribution in [3.63, 3.8) is 0 Å². The van der Waals surface area contributed by atoms with Crippen LogP contribution < -0.4 is 0 Å². The first-order chi connectivity index (χ1) is 17.3. The van der Waals surface area contributed by atoms with Gasteiger partial charge in [-0.3, -0.25) is 4.79 Å². The lowest BCUT2D eigenvalue weighted by atomic mass is 9.44. The van der Waals surface area contributed by atoms with Crippen molar-refractivity contribution >= 4 is 5.91 Å². The Hall–Kier alpha value is -1.31. The first kappa shape index (κ1) is 27.7. The lowest BCUT2D eigenvalue weighted by molar-refractivity contribution is -0.131. The van der Waals surface area contributed by atoms with Crippen molar-refractivity contribution in [2.75, 3.05) is 7.05 Å². The van der Waals surface area contributed by atoms with Crippen LogP contribution in [0, 0.1) is 46.3 Å². The van der Waals surface area contributed by atoms with Crippen LogP contribution in [0.5, 0.6) is 0 Å². The van der Waals surface area contributed by atoms with Crippen molar-refractivity contribution in [3.8, 4) is 0 Å². The van der Waals surface area contributed by atoms with Crippen LogP contribution in [-0.2, 0) is 11.3 Å². The fraction of sp³-hybridized carbons (Fsp3) is 0.794. The van der Waals surface area contributed by atoms with Gasteiger partial charge in [0, 0.05) is 20.0 Å². The van der Waals surface area contributed by atoms with Crippen LogP contribution in [0.1, 0.15) is 117 Å². The SMILES string of the molecule is CC.CC(CCC(=O)N(C)Cc1ccccc1)C1CCC2C3CCC4CCCC[C@]4(C)C3CC[C@]12C. The normalized spacial score (nSPS) is 38.0. The fourth-order valence-electron chi connectivity index (χ4n) is 9.96. The maximum Gasteiger partial charge on any atom is 0.222 e. The van der Waals surface area contributed by atoms with Crippen molar-refractivity contribution in [1.29, 1.82) is 0 Å². The van der Waals surface area contributed by atoms with Gasteiger partial charge >= 0.3 is 0 Å². The van der Waals surface area contributed by atoms with Gasteiger partial charge in [-0.25, -0.2) is 0 Å². The molecule has 0 aromatic heterocycles. The molecule has 4 aliphatic rings. The topological polar surface area (TPSA) is 20.3 Å². The van der Waals surface area contributed by atoms with Gasteiger partial charge in [-0.05, 0) is 110 Å². The molecule has 0 bridgehead atoms. The highest BCUT2D eigenvalue weighted by Gasteiger charge is 2.60. The largest absolute Gasteiger partial charge is 0.341 e. The molecule has 0 N–H and O–H groups in total. The third-order valence-electron chi connectivity index (χ3n) is 11.8. The molecule has 5 rings (SSSR count). The van der Waals surface area contributed by atoms with Crippen LogP contribution in [0.25, 0.3) is 0 Å². The summed E-state index contributed by atoms with van der Waals surface area (Å²) in [6.45, 7) is 12.6. The Morgan fingerprint density at radius 1 is 0.917 bits per heavy atom. The van der Waals surface area contributed by atoms with Gasteiger partial charge in [-0.2, -0.15) is 0 Å². The highest BCUT2D eigenvalue weighted by atomic mass is 16.2. The summed E-state index contributed by atoms with van der Waals surface area (Å²) in [7, 11) is 1.97. The van der Waals surface area contributed by atoms with Gasteiger partial charge in [0.25, 0.3) is 0 Å². The van der Waals surface area contributed by atoms with Gasteiger partial charge in [0.15, 0.2) is 0 Å². The summed E-state index contributed by atoms with van der Waals surface area (Å²) in [5.74, 6) is 5.70. The maximum absolute atomic E-state index is 12.9. The number of amides is 1. The van der Waals surface area contributed by atoms with Crippen molar-refractivity contribution in [3.05, 3.63) is 35.9 Å². The van der Waals surface area contributed by atoms with Crippen LogP contribution in [0.2, 0.25) is 0 Å². The molecule has 2 nitrogen and oxygen atoms in total. The van der Waals surface area contributed by atoms with E-state index in [-0.39, 0.29) is 0 Å². The van der Waals surface area contributed by atoms with E-state index in [0.29, 0.717) is 29.1 Å². The number of rotatable bonds is 6. The lowest BCUT2D eigenvalue weighted by Gasteiger charge is -2.61. The summed E-state index contributed by atoms with van der Waals surface area (Å²) in [5.41, 5.74) is 2.37. The Morgan fingerprint density at radius 2 is 1.64 bits per heavy atom. The molecule has 4 saturated carbocycles. The van der Waals surface area contributed by atoms with E-state index < -0.39 is 0 Å². The second-order valence-corrected chi connectivity index (χ2v) is 13.4. The van der Waals surface area contributed by atoms with Gasteiger partial charge < -0.3 is 4.90 Å². The van der Waals surface area contributed by atoms with E-state index in [4.69, 9.17) is 0 Å². The van der Waals surface area contributed by atoms with Gasteiger partial charge in [-0.1, -0.05) is 77.8 Å². The molecule has 4 fully saturated rings. The van der Waals surface area contributed by atoms with Gasteiger partial charge in [0.1, 0.15) is 0 Å². The summed E-state index contributed by atoms with van der Waals surface area (Å²) >= 11 is 0. The molecular weight excluding hydrogens is 438 g/mol. The molecule has 2 heteroatoms. The molecule has 0 aliphatic heterocycles. The average molecular weight is 494 g/mol. The van der Waals surface area contributed by atoms with E-state index in [1.54, 1.807) is 0 Å². The molecular formula is C34H55NO. The molecule has 1 amide bonds. The molecule has 1 aromatic rings. The first-order valence-corrected chi connectivity index (χ1v) is 15.6. The predicted octanol–water partition coefficient (Wildman–Crippen LogP) is 9.14. The third kappa shape index (κ3) is 5.17. The third-order valence-corrected chi connectivity index (χ3v) is 11.8. The summed E-state index contributed by atoms with van der Waals surface area (Å²) in [6, 6.07) is 10.4. The van der Waals surface area contributed by atoms with E-state index >= 15 is 0 Å². The molecule has 0 heterocycles. The fourth-order valence-corrected chi connectivity index (χ4v) is 9.96. The second kappa shape index (κ2) is 11.6. The monoisotopic (exact) mass is 493 g/mol. The lowest BCUT2D eigenvalue weighted by Crippen LogP contribution is -2.53. The molecule has 202 valence electrons. The van der Waals surface area contributed by atoms with Crippen LogP contribution >= 0.6 is 0 Å². The number of carbonyl (C=O) groups excluding carboxylic acids is 1. The van der Waals surface area contributed by atoms with Crippen molar-refractivity contribution in [2.24, 2.45) is 46.3 Å². The van der Waals surface area contributed by atoms with Crippen molar-refractivity contribution in [2.45, 2.75) is 118 Å². The molecule has 36 heavy (non-hydrogen) atoms. The zero-order valence-electron chi connectivity index (χ0n) is 24.4. The first-order valence-electron chi connectivity index (χ1n) is 15.6. The van der Waals surface area contributed by atoms with E-state index in [1.807, 2.05) is 31.9 Å². The summed E-state index contributed by atoms with van der Waals surface area (Å²) < 4.78 is 0. The quantitative estimate of drug-likeness (QED) is 0.387. The van der Waals surface area contributed by atoms with Crippen molar-refractivity contribution in [1.82, 2.24) is 4.90 Å². The van der Waals surface area contributed by atoms with E-state index in [2.05, 4.69) is 45.0 Å². The van der Waals surface area contributed by atoms with E-state index in [9.17, 15) is 4.79 Å². The predicted molar refractivity (Wildman–Crippen MR) is 152 cm³/mol.